The van der Waals surface area contributed by atoms with Crippen LogP contribution in [0.3, 0.4) is 0 Å². The average molecular weight is 321 g/mol. The fourth-order valence-electron chi connectivity index (χ4n) is 1.59. The highest BCUT2D eigenvalue weighted by molar-refractivity contribution is 9.10. The van der Waals surface area contributed by atoms with Gasteiger partial charge in [-0.2, -0.15) is 0 Å². The molecule has 0 amide bonds. The molecule has 0 heterocycles. The molecule has 0 aliphatic carbocycles. The third-order valence-electron chi connectivity index (χ3n) is 2.61. The molecule has 0 unspecified atom stereocenters. The molecular weight excluding hydrogens is 308 g/mol. The normalized spacial score (nSPS) is 10.0. The SMILES string of the molecule is COc1ccc(Br)c(C(=O)OCc2ccccc2)c1. The van der Waals surface area contributed by atoms with Crippen LogP contribution in [0.15, 0.2) is 53.0 Å². The molecule has 0 saturated heterocycles. The first kappa shape index (κ1) is 13.6. The van der Waals surface area contributed by atoms with Crippen LogP contribution in [0.4, 0.5) is 0 Å². The van der Waals surface area contributed by atoms with E-state index < -0.39 is 0 Å². The van der Waals surface area contributed by atoms with Gasteiger partial charge in [0.1, 0.15) is 12.4 Å². The third-order valence-corrected chi connectivity index (χ3v) is 3.30. The number of carbonyl (C=O) groups is 1. The van der Waals surface area contributed by atoms with Crippen LogP contribution in [0.1, 0.15) is 15.9 Å². The van der Waals surface area contributed by atoms with Crippen LogP contribution >= 0.6 is 15.9 Å². The first-order chi connectivity index (χ1) is 9.20. The smallest absolute Gasteiger partial charge is 0.339 e. The van der Waals surface area contributed by atoms with Crippen molar-refractivity contribution >= 4 is 21.9 Å². The number of ether oxygens (including phenoxy) is 2. The van der Waals surface area contributed by atoms with Crippen LogP contribution in [0.25, 0.3) is 0 Å². The Kier molecular flexibility index (Phi) is 4.58. The van der Waals surface area contributed by atoms with Crippen LogP contribution in [0, 0.1) is 0 Å². The predicted molar refractivity (Wildman–Crippen MR) is 76.3 cm³/mol. The maximum Gasteiger partial charge on any atom is 0.339 e. The number of carbonyl (C=O) groups excluding carboxylic acids is 1. The maximum atomic E-state index is 12.0. The molecule has 0 aliphatic rings. The van der Waals surface area contributed by atoms with Crippen molar-refractivity contribution in [3.8, 4) is 5.75 Å². The molecule has 0 spiro atoms. The monoisotopic (exact) mass is 320 g/mol. The van der Waals surface area contributed by atoms with Gasteiger partial charge in [0.05, 0.1) is 12.7 Å². The van der Waals surface area contributed by atoms with Crippen LogP contribution < -0.4 is 4.74 Å². The molecule has 98 valence electrons. The third kappa shape index (κ3) is 3.58. The summed E-state index contributed by atoms with van der Waals surface area (Å²) in [6, 6.07) is 14.7. The molecule has 2 aromatic rings. The second-order valence-corrected chi connectivity index (χ2v) is 4.76. The van der Waals surface area contributed by atoms with E-state index in [0.717, 1.165) is 5.56 Å². The molecule has 4 heteroatoms. The zero-order valence-electron chi connectivity index (χ0n) is 10.4. The van der Waals surface area contributed by atoms with Crippen LogP contribution in [-0.4, -0.2) is 13.1 Å². The Balaban J connectivity index is 2.08. The van der Waals surface area contributed by atoms with Gasteiger partial charge in [-0.05, 0) is 39.7 Å². The Hall–Kier alpha value is -1.81. The van der Waals surface area contributed by atoms with Crippen LogP contribution in [0.2, 0.25) is 0 Å². The lowest BCUT2D eigenvalue weighted by atomic mass is 10.2. The summed E-state index contributed by atoms with van der Waals surface area (Å²) in [5, 5.41) is 0. The van der Waals surface area contributed by atoms with Gasteiger partial charge in [0.25, 0.3) is 0 Å². The van der Waals surface area contributed by atoms with Crippen LogP contribution in [-0.2, 0) is 11.3 Å². The predicted octanol–water partition coefficient (Wildman–Crippen LogP) is 3.81. The number of halogens is 1. The van der Waals surface area contributed by atoms with Gasteiger partial charge in [-0.1, -0.05) is 30.3 Å². The summed E-state index contributed by atoms with van der Waals surface area (Å²) in [6.07, 6.45) is 0. The highest BCUT2D eigenvalue weighted by atomic mass is 79.9. The molecule has 0 atom stereocenters. The Morgan fingerprint density at radius 3 is 2.58 bits per heavy atom. The van der Waals surface area contributed by atoms with Crippen molar-refractivity contribution in [1.82, 2.24) is 0 Å². The minimum absolute atomic E-state index is 0.253. The van der Waals surface area contributed by atoms with Crippen molar-refractivity contribution in [2.24, 2.45) is 0 Å². The van der Waals surface area contributed by atoms with Crippen molar-refractivity contribution < 1.29 is 14.3 Å². The molecule has 2 rings (SSSR count). The fraction of sp³-hybridized carbons (Fsp3) is 0.133. The lowest BCUT2D eigenvalue weighted by molar-refractivity contribution is 0.0471. The molecule has 19 heavy (non-hydrogen) atoms. The molecule has 0 aromatic heterocycles. The van der Waals surface area contributed by atoms with Crippen molar-refractivity contribution in [3.05, 3.63) is 64.1 Å². The Morgan fingerprint density at radius 1 is 1.16 bits per heavy atom. The zero-order chi connectivity index (χ0) is 13.7. The van der Waals surface area contributed by atoms with E-state index in [1.165, 1.54) is 0 Å². The van der Waals surface area contributed by atoms with Crippen molar-refractivity contribution in [2.75, 3.05) is 7.11 Å². The number of esters is 1. The molecule has 0 fully saturated rings. The molecule has 3 nitrogen and oxygen atoms in total. The number of rotatable bonds is 4. The summed E-state index contributed by atoms with van der Waals surface area (Å²) in [6.45, 7) is 0.253. The van der Waals surface area contributed by atoms with E-state index in [0.29, 0.717) is 15.8 Å². The fourth-order valence-corrected chi connectivity index (χ4v) is 2.00. The van der Waals surface area contributed by atoms with E-state index in [1.807, 2.05) is 30.3 Å². The lowest BCUT2D eigenvalue weighted by Gasteiger charge is -2.08. The first-order valence-electron chi connectivity index (χ1n) is 5.75. The highest BCUT2D eigenvalue weighted by Gasteiger charge is 2.12. The number of methoxy groups -OCH3 is 1. The van der Waals surface area contributed by atoms with E-state index in [9.17, 15) is 4.79 Å². The molecule has 0 aliphatic heterocycles. The van der Waals surface area contributed by atoms with Crippen molar-refractivity contribution in [2.45, 2.75) is 6.61 Å². The van der Waals surface area contributed by atoms with E-state index in [4.69, 9.17) is 9.47 Å². The minimum Gasteiger partial charge on any atom is -0.497 e. The number of hydrogen-bond acceptors (Lipinski definition) is 3. The molecule has 0 saturated carbocycles. The zero-order valence-corrected chi connectivity index (χ0v) is 12.0. The summed E-state index contributed by atoms with van der Waals surface area (Å²) in [5.74, 6) is 0.240. The summed E-state index contributed by atoms with van der Waals surface area (Å²) in [7, 11) is 1.56. The van der Waals surface area contributed by atoms with Gasteiger partial charge in [0.2, 0.25) is 0 Å². The molecular formula is C15H13BrO3. The Morgan fingerprint density at radius 2 is 1.89 bits per heavy atom. The van der Waals surface area contributed by atoms with Gasteiger partial charge >= 0.3 is 5.97 Å². The minimum atomic E-state index is -0.380. The topological polar surface area (TPSA) is 35.5 Å². The summed E-state index contributed by atoms with van der Waals surface area (Å²) >= 11 is 3.33. The lowest BCUT2D eigenvalue weighted by Crippen LogP contribution is -2.06. The molecule has 2 aromatic carbocycles. The number of hydrogen-bond donors (Lipinski definition) is 0. The van der Waals surface area contributed by atoms with Crippen molar-refractivity contribution in [1.29, 1.82) is 0 Å². The summed E-state index contributed by atoms with van der Waals surface area (Å²) in [5.41, 5.74) is 1.41. The van der Waals surface area contributed by atoms with Gasteiger partial charge in [0.15, 0.2) is 0 Å². The first-order valence-corrected chi connectivity index (χ1v) is 6.54. The van der Waals surface area contributed by atoms with Crippen LogP contribution in [0.5, 0.6) is 5.75 Å². The number of benzene rings is 2. The van der Waals surface area contributed by atoms with E-state index in [1.54, 1.807) is 25.3 Å². The maximum absolute atomic E-state index is 12.0. The average Bonchev–Trinajstić information content (AvgIpc) is 2.46. The van der Waals surface area contributed by atoms with Gasteiger partial charge in [-0.15, -0.1) is 0 Å². The van der Waals surface area contributed by atoms with E-state index in [2.05, 4.69) is 15.9 Å². The standard InChI is InChI=1S/C15H13BrO3/c1-18-12-7-8-14(16)13(9-12)15(17)19-10-11-5-3-2-4-6-11/h2-9H,10H2,1H3. The second kappa shape index (κ2) is 6.38. The van der Waals surface area contributed by atoms with Gasteiger partial charge in [-0.25, -0.2) is 4.79 Å². The van der Waals surface area contributed by atoms with E-state index in [-0.39, 0.29) is 12.6 Å². The van der Waals surface area contributed by atoms with Gasteiger partial charge in [0, 0.05) is 4.47 Å². The molecule has 0 radical (unpaired) electrons. The largest absolute Gasteiger partial charge is 0.497 e. The van der Waals surface area contributed by atoms with E-state index >= 15 is 0 Å². The highest BCUT2D eigenvalue weighted by Crippen LogP contribution is 2.23. The van der Waals surface area contributed by atoms with Gasteiger partial charge < -0.3 is 9.47 Å². The van der Waals surface area contributed by atoms with Gasteiger partial charge in [-0.3, -0.25) is 0 Å². The second-order valence-electron chi connectivity index (χ2n) is 3.91. The molecule has 0 bridgehead atoms. The quantitative estimate of drug-likeness (QED) is 0.803. The Bertz CT molecular complexity index is 567. The molecule has 0 N–H and O–H groups in total. The summed E-state index contributed by atoms with van der Waals surface area (Å²) in [4.78, 5) is 12.0. The van der Waals surface area contributed by atoms with Crippen molar-refractivity contribution in [3.63, 3.8) is 0 Å². The summed E-state index contributed by atoms with van der Waals surface area (Å²) < 4.78 is 11.1. The Labute approximate surface area is 120 Å².